The summed E-state index contributed by atoms with van der Waals surface area (Å²) in [6, 6.07) is 0. The number of carboxylic acids is 1. The molecule has 16 heavy (non-hydrogen) atoms. The van der Waals surface area contributed by atoms with Crippen LogP contribution < -0.4 is 5.32 Å². The molecule has 0 bridgehead atoms. The molecule has 0 spiro atoms. The topological polar surface area (TPSA) is 84.2 Å². The minimum atomic E-state index is -0.929. The lowest BCUT2D eigenvalue weighted by Crippen LogP contribution is -2.25. The number of hydrogen-bond donors (Lipinski definition) is 2. The van der Waals surface area contributed by atoms with Crippen LogP contribution in [0.1, 0.15) is 30.1 Å². The van der Waals surface area contributed by atoms with Gasteiger partial charge in [-0.25, -0.2) is 0 Å². The summed E-state index contributed by atoms with van der Waals surface area (Å²) in [6.45, 7) is 2.92. The smallest absolute Gasteiger partial charge is 0.305 e. The molecule has 88 valence electrons. The lowest BCUT2D eigenvalue weighted by atomic mass is 10.3. The molecule has 2 N–H and O–H groups in total. The summed E-state index contributed by atoms with van der Waals surface area (Å²) in [5, 5.41) is 14.9. The van der Waals surface area contributed by atoms with Crippen molar-refractivity contribution in [1.29, 1.82) is 0 Å². The third kappa shape index (κ3) is 3.72. The van der Waals surface area contributed by atoms with Gasteiger partial charge in [-0.3, -0.25) is 14.3 Å². The molecule has 1 aromatic rings. The number of amides is 1. The van der Waals surface area contributed by atoms with E-state index < -0.39 is 5.97 Å². The summed E-state index contributed by atoms with van der Waals surface area (Å²) in [5.41, 5.74) is 0.457. The molecule has 0 aliphatic heterocycles. The molecule has 0 unspecified atom stereocenters. The Bertz CT molecular complexity index is 373. The second-order valence-electron chi connectivity index (χ2n) is 3.39. The molecule has 0 aromatic carbocycles. The van der Waals surface area contributed by atoms with Crippen molar-refractivity contribution in [2.45, 2.75) is 26.3 Å². The van der Waals surface area contributed by atoms with E-state index in [1.807, 2.05) is 6.92 Å². The largest absolute Gasteiger partial charge is 0.481 e. The van der Waals surface area contributed by atoms with E-state index in [4.69, 9.17) is 5.11 Å². The van der Waals surface area contributed by atoms with Gasteiger partial charge < -0.3 is 10.4 Å². The number of carbonyl (C=O) groups excluding carboxylic acids is 1. The third-order valence-electron chi connectivity index (χ3n) is 1.97. The van der Waals surface area contributed by atoms with Crippen molar-refractivity contribution < 1.29 is 14.7 Å². The fraction of sp³-hybridized carbons (Fsp3) is 0.500. The Kier molecular flexibility index (Phi) is 4.50. The van der Waals surface area contributed by atoms with Crippen LogP contribution >= 0.6 is 0 Å². The Labute approximate surface area is 93.3 Å². The van der Waals surface area contributed by atoms with Crippen molar-refractivity contribution in [3.05, 3.63) is 18.0 Å². The number of aliphatic carboxylic acids is 1. The quantitative estimate of drug-likeness (QED) is 0.738. The zero-order valence-electron chi connectivity index (χ0n) is 9.14. The van der Waals surface area contributed by atoms with Gasteiger partial charge in [0, 0.05) is 19.3 Å². The van der Waals surface area contributed by atoms with Crippen molar-refractivity contribution in [3.63, 3.8) is 0 Å². The number of carbonyl (C=O) groups is 2. The van der Waals surface area contributed by atoms with Crippen molar-refractivity contribution in [2.75, 3.05) is 6.54 Å². The van der Waals surface area contributed by atoms with E-state index in [0.29, 0.717) is 5.56 Å². The number of carboxylic acid groups (broad SMARTS) is 1. The fourth-order valence-electron chi connectivity index (χ4n) is 1.22. The van der Waals surface area contributed by atoms with E-state index in [-0.39, 0.29) is 18.9 Å². The van der Waals surface area contributed by atoms with Crippen LogP contribution in [0.25, 0.3) is 0 Å². The highest BCUT2D eigenvalue weighted by molar-refractivity contribution is 5.93. The second kappa shape index (κ2) is 5.89. The Morgan fingerprint density at radius 1 is 1.56 bits per heavy atom. The van der Waals surface area contributed by atoms with Crippen LogP contribution in [-0.2, 0) is 11.3 Å². The van der Waals surface area contributed by atoms with Gasteiger partial charge in [0.2, 0.25) is 0 Å². The number of nitrogens with zero attached hydrogens (tertiary/aromatic N) is 2. The number of nitrogens with one attached hydrogen (secondary N) is 1. The zero-order chi connectivity index (χ0) is 12.0. The number of aromatic nitrogens is 2. The third-order valence-corrected chi connectivity index (χ3v) is 1.97. The highest BCUT2D eigenvalue weighted by Gasteiger charge is 2.08. The first-order valence-electron chi connectivity index (χ1n) is 5.16. The summed E-state index contributed by atoms with van der Waals surface area (Å²) in [5.74, 6) is -1.22. The van der Waals surface area contributed by atoms with Crippen molar-refractivity contribution >= 4 is 11.9 Å². The van der Waals surface area contributed by atoms with Gasteiger partial charge in [-0.1, -0.05) is 6.92 Å². The summed E-state index contributed by atoms with van der Waals surface area (Å²) >= 11 is 0. The predicted molar refractivity (Wildman–Crippen MR) is 57.1 cm³/mol. The van der Waals surface area contributed by atoms with Gasteiger partial charge in [-0.05, 0) is 6.42 Å². The zero-order valence-corrected chi connectivity index (χ0v) is 9.14. The highest BCUT2D eigenvalue weighted by atomic mass is 16.4. The van der Waals surface area contributed by atoms with E-state index in [9.17, 15) is 9.59 Å². The summed E-state index contributed by atoms with van der Waals surface area (Å²) in [7, 11) is 0. The van der Waals surface area contributed by atoms with Crippen LogP contribution in [0.15, 0.2) is 12.4 Å². The minimum absolute atomic E-state index is 0.0746. The molecule has 6 heteroatoms. The van der Waals surface area contributed by atoms with Crippen LogP contribution in [0.5, 0.6) is 0 Å². The first-order valence-corrected chi connectivity index (χ1v) is 5.16. The maximum atomic E-state index is 11.5. The molecule has 0 fully saturated rings. The van der Waals surface area contributed by atoms with Gasteiger partial charge in [0.15, 0.2) is 0 Å². The standard InChI is InChI=1S/C10H15N3O3/c1-2-5-13-7-8(6-12-13)10(16)11-4-3-9(14)15/h6-7H,2-5H2,1H3,(H,11,16)(H,14,15). The Morgan fingerprint density at radius 3 is 2.94 bits per heavy atom. The highest BCUT2D eigenvalue weighted by Crippen LogP contribution is 1.98. The molecular formula is C10H15N3O3. The molecule has 0 aliphatic carbocycles. The van der Waals surface area contributed by atoms with Crippen molar-refractivity contribution in [1.82, 2.24) is 15.1 Å². The molecule has 0 saturated carbocycles. The maximum Gasteiger partial charge on any atom is 0.305 e. The van der Waals surface area contributed by atoms with Gasteiger partial charge in [0.25, 0.3) is 5.91 Å². The molecule has 0 atom stereocenters. The first kappa shape index (κ1) is 12.2. The lowest BCUT2D eigenvalue weighted by Gasteiger charge is -2.00. The van der Waals surface area contributed by atoms with Crippen LogP contribution in [0.4, 0.5) is 0 Å². The normalized spacial score (nSPS) is 10.1. The summed E-state index contributed by atoms with van der Waals surface area (Å²) < 4.78 is 1.69. The Balaban J connectivity index is 2.43. The van der Waals surface area contributed by atoms with Crippen LogP contribution in [0.3, 0.4) is 0 Å². The Morgan fingerprint density at radius 2 is 2.31 bits per heavy atom. The molecular weight excluding hydrogens is 210 g/mol. The van der Waals surface area contributed by atoms with E-state index >= 15 is 0 Å². The second-order valence-corrected chi connectivity index (χ2v) is 3.39. The Hall–Kier alpha value is -1.85. The van der Waals surface area contributed by atoms with Crippen LogP contribution in [0.2, 0.25) is 0 Å². The molecule has 1 heterocycles. The SMILES string of the molecule is CCCn1cc(C(=O)NCCC(=O)O)cn1. The maximum absolute atomic E-state index is 11.5. The minimum Gasteiger partial charge on any atom is -0.481 e. The molecule has 0 aliphatic rings. The fourth-order valence-corrected chi connectivity index (χ4v) is 1.22. The molecule has 1 rings (SSSR count). The van der Waals surface area contributed by atoms with Crippen molar-refractivity contribution in [3.8, 4) is 0 Å². The lowest BCUT2D eigenvalue weighted by molar-refractivity contribution is -0.136. The van der Waals surface area contributed by atoms with E-state index in [2.05, 4.69) is 10.4 Å². The van der Waals surface area contributed by atoms with E-state index in [1.165, 1.54) is 6.20 Å². The van der Waals surface area contributed by atoms with Crippen LogP contribution in [0, 0.1) is 0 Å². The summed E-state index contributed by atoms with van der Waals surface area (Å²) in [6.07, 6.45) is 4.00. The predicted octanol–water partition coefficient (Wildman–Crippen LogP) is 0.498. The van der Waals surface area contributed by atoms with Crippen LogP contribution in [-0.4, -0.2) is 33.3 Å². The van der Waals surface area contributed by atoms with Crippen molar-refractivity contribution in [2.24, 2.45) is 0 Å². The number of hydrogen-bond acceptors (Lipinski definition) is 3. The van der Waals surface area contributed by atoms with Gasteiger partial charge in [0.1, 0.15) is 0 Å². The van der Waals surface area contributed by atoms with E-state index in [0.717, 1.165) is 13.0 Å². The number of aryl methyl sites for hydroxylation is 1. The average molecular weight is 225 g/mol. The molecule has 1 amide bonds. The van der Waals surface area contributed by atoms with Gasteiger partial charge >= 0.3 is 5.97 Å². The van der Waals surface area contributed by atoms with Gasteiger partial charge in [-0.15, -0.1) is 0 Å². The molecule has 1 aromatic heterocycles. The van der Waals surface area contributed by atoms with Gasteiger partial charge in [0.05, 0.1) is 18.2 Å². The molecule has 6 nitrogen and oxygen atoms in total. The monoisotopic (exact) mass is 225 g/mol. The molecule has 0 radical (unpaired) electrons. The first-order chi connectivity index (χ1) is 7.63. The average Bonchev–Trinajstić information content (AvgIpc) is 2.66. The summed E-state index contributed by atoms with van der Waals surface area (Å²) in [4.78, 5) is 21.7. The number of rotatable bonds is 6. The molecule has 0 saturated heterocycles. The van der Waals surface area contributed by atoms with E-state index in [1.54, 1.807) is 10.9 Å². The van der Waals surface area contributed by atoms with Gasteiger partial charge in [-0.2, -0.15) is 5.10 Å².